The molecule has 0 unspecified atom stereocenters. The van der Waals surface area contributed by atoms with Crippen molar-refractivity contribution in [2.24, 2.45) is 12.5 Å². The van der Waals surface area contributed by atoms with Crippen LogP contribution in [0, 0.1) is 11.2 Å². The normalized spacial score (nSPS) is 27.2. The number of hydrogen-bond acceptors (Lipinski definition) is 3. The summed E-state index contributed by atoms with van der Waals surface area (Å²) in [5.41, 5.74) is 1.05. The number of hydrogen-bond donors (Lipinski definition) is 1. The van der Waals surface area contributed by atoms with Crippen LogP contribution in [0.25, 0.3) is 11.4 Å². The Morgan fingerprint density at radius 2 is 1.78 bits per heavy atom. The summed E-state index contributed by atoms with van der Waals surface area (Å²) in [5.74, 6) is 1.02. The first-order chi connectivity index (χ1) is 13.0. The van der Waals surface area contributed by atoms with Crippen molar-refractivity contribution in [3.05, 3.63) is 29.8 Å². The molecule has 0 radical (unpaired) electrons. The number of aromatic nitrogens is 3. The minimum atomic E-state index is -0.461. The molecule has 5 heteroatoms. The summed E-state index contributed by atoms with van der Waals surface area (Å²) in [5, 5.41) is 18.3. The molecule has 3 aliphatic carbocycles. The Morgan fingerprint density at radius 1 is 1.07 bits per heavy atom. The largest absolute Gasteiger partial charge is 0.508 e. The van der Waals surface area contributed by atoms with Crippen LogP contribution in [0.5, 0.6) is 5.75 Å². The molecule has 3 aliphatic rings. The predicted molar refractivity (Wildman–Crippen MR) is 104 cm³/mol. The Kier molecular flexibility index (Phi) is 4.73. The summed E-state index contributed by atoms with van der Waals surface area (Å²) in [6.45, 7) is 2.27. The van der Waals surface area contributed by atoms with Crippen molar-refractivity contribution >= 4 is 0 Å². The maximum Gasteiger partial charge on any atom is 0.166 e. The molecular formula is C22H30FN3O. The van der Waals surface area contributed by atoms with Gasteiger partial charge in [0, 0.05) is 18.5 Å². The number of aromatic hydroxyl groups is 1. The molecule has 2 aromatic rings. The molecule has 0 atom stereocenters. The minimum Gasteiger partial charge on any atom is -0.508 e. The molecule has 0 aliphatic heterocycles. The number of phenolic OH excluding ortho intramolecular Hbond substituents is 1. The lowest BCUT2D eigenvalue weighted by atomic mass is 9.52. The van der Waals surface area contributed by atoms with Crippen LogP contribution >= 0.6 is 0 Å². The van der Waals surface area contributed by atoms with Gasteiger partial charge in [0.15, 0.2) is 5.82 Å². The topological polar surface area (TPSA) is 50.9 Å². The molecule has 4 nitrogen and oxygen atoms in total. The van der Waals surface area contributed by atoms with Crippen LogP contribution in [0.3, 0.4) is 0 Å². The highest BCUT2D eigenvalue weighted by molar-refractivity contribution is 5.58. The zero-order valence-corrected chi connectivity index (χ0v) is 16.5. The molecule has 2 bridgehead atoms. The second-order valence-electron chi connectivity index (χ2n) is 8.81. The van der Waals surface area contributed by atoms with Gasteiger partial charge in [-0.3, -0.25) is 0 Å². The summed E-state index contributed by atoms with van der Waals surface area (Å²) < 4.78 is 16.3. The van der Waals surface area contributed by atoms with E-state index in [1.54, 1.807) is 6.07 Å². The first-order valence-electron chi connectivity index (χ1n) is 10.4. The van der Waals surface area contributed by atoms with Gasteiger partial charge in [-0.2, -0.15) is 0 Å². The minimum absolute atomic E-state index is 0.0730. The van der Waals surface area contributed by atoms with Crippen LogP contribution in [0.2, 0.25) is 0 Å². The number of phenols is 1. The Labute approximate surface area is 160 Å². The fraction of sp³-hybridized carbons (Fsp3) is 0.636. The van der Waals surface area contributed by atoms with Gasteiger partial charge in [0.2, 0.25) is 0 Å². The van der Waals surface area contributed by atoms with E-state index >= 15 is 0 Å². The van der Waals surface area contributed by atoms with E-state index in [0.29, 0.717) is 16.8 Å². The highest BCUT2D eigenvalue weighted by Crippen LogP contribution is 2.59. The van der Waals surface area contributed by atoms with Gasteiger partial charge in [0.05, 0.1) is 5.56 Å². The summed E-state index contributed by atoms with van der Waals surface area (Å²) >= 11 is 0. The van der Waals surface area contributed by atoms with Crippen molar-refractivity contribution in [2.45, 2.75) is 76.5 Å². The van der Waals surface area contributed by atoms with E-state index in [-0.39, 0.29) is 11.2 Å². The lowest BCUT2D eigenvalue weighted by Crippen LogP contribution is -2.45. The van der Waals surface area contributed by atoms with Gasteiger partial charge in [-0.05, 0) is 62.5 Å². The molecule has 27 heavy (non-hydrogen) atoms. The molecule has 0 amide bonds. The predicted octanol–water partition coefficient (Wildman–Crippen LogP) is 5.50. The van der Waals surface area contributed by atoms with Gasteiger partial charge in [0.25, 0.3) is 0 Å². The number of unbranched alkanes of at least 4 members (excludes halogenated alkanes) is 2. The molecule has 5 rings (SSSR count). The summed E-state index contributed by atoms with van der Waals surface area (Å²) in [4.78, 5) is 0. The average molecular weight is 372 g/mol. The van der Waals surface area contributed by atoms with Gasteiger partial charge in [-0.25, -0.2) is 4.39 Å². The van der Waals surface area contributed by atoms with Gasteiger partial charge in [-0.15, -0.1) is 10.2 Å². The van der Waals surface area contributed by atoms with Crippen molar-refractivity contribution in [2.75, 3.05) is 0 Å². The summed E-state index contributed by atoms with van der Waals surface area (Å²) in [6.07, 6.45) is 12.7. The van der Waals surface area contributed by atoms with E-state index in [0.717, 1.165) is 11.9 Å². The van der Waals surface area contributed by atoms with Crippen LogP contribution in [0.1, 0.15) is 77.0 Å². The first kappa shape index (κ1) is 18.5. The van der Waals surface area contributed by atoms with Crippen molar-refractivity contribution in [3.8, 4) is 17.1 Å². The second-order valence-corrected chi connectivity index (χ2v) is 8.81. The molecule has 1 aromatic carbocycles. The Morgan fingerprint density at radius 3 is 2.41 bits per heavy atom. The summed E-state index contributed by atoms with van der Waals surface area (Å²) in [6, 6.07) is 4.21. The molecule has 1 N–H and O–H groups in total. The van der Waals surface area contributed by atoms with Gasteiger partial charge in [-0.1, -0.05) is 26.2 Å². The number of benzene rings is 1. The van der Waals surface area contributed by atoms with Crippen LogP contribution in [0.15, 0.2) is 18.2 Å². The van der Waals surface area contributed by atoms with Crippen molar-refractivity contribution in [3.63, 3.8) is 0 Å². The molecule has 3 fully saturated rings. The Bertz CT molecular complexity index is 804. The van der Waals surface area contributed by atoms with E-state index in [2.05, 4.69) is 17.1 Å². The number of rotatable bonds is 6. The second kappa shape index (κ2) is 6.92. The fourth-order valence-electron chi connectivity index (χ4n) is 5.43. The van der Waals surface area contributed by atoms with Crippen molar-refractivity contribution < 1.29 is 9.50 Å². The fourth-order valence-corrected chi connectivity index (χ4v) is 5.43. The zero-order valence-electron chi connectivity index (χ0n) is 16.5. The molecule has 3 saturated carbocycles. The van der Waals surface area contributed by atoms with Crippen LogP contribution < -0.4 is 0 Å². The maximum atomic E-state index is 14.3. The molecular weight excluding hydrogens is 341 g/mol. The van der Waals surface area contributed by atoms with Crippen LogP contribution in [0.4, 0.5) is 4.39 Å². The van der Waals surface area contributed by atoms with Crippen LogP contribution in [-0.2, 0) is 12.5 Å². The maximum absolute atomic E-state index is 14.3. The van der Waals surface area contributed by atoms with E-state index in [4.69, 9.17) is 0 Å². The van der Waals surface area contributed by atoms with Crippen molar-refractivity contribution in [1.29, 1.82) is 0 Å². The average Bonchev–Trinajstić information content (AvgIpc) is 3.05. The number of halogens is 1. The monoisotopic (exact) mass is 371 g/mol. The number of fused-ring (bicyclic) bond motifs is 3. The number of nitrogens with zero attached hydrogens (tertiary/aromatic N) is 3. The lowest BCUT2D eigenvalue weighted by Gasteiger charge is -2.53. The quantitative estimate of drug-likeness (QED) is 0.682. The van der Waals surface area contributed by atoms with Gasteiger partial charge < -0.3 is 9.67 Å². The van der Waals surface area contributed by atoms with Crippen molar-refractivity contribution in [1.82, 2.24) is 14.8 Å². The van der Waals surface area contributed by atoms with E-state index < -0.39 is 5.82 Å². The molecule has 0 saturated heterocycles. The third-order valence-electron chi connectivity index (χ3n) is 7.26. The van der Waals surface area contributed by atoms with Gasteiger partial charge in [0.1, 0.15) is 17.4 Å². The molecule has 146 valence electrons. The Balaban J connectivity index is 1.57. The standard InChI is InChI=1S/C22H30FN3O/c1-3-4-5-8-21-9-12-22(13-10-21,14-11-21)20-25-24-19(26(20)2)17-7-6-16(27)15-18(17)23/h6-7,15,27H,3-5,8-14H2,1-2H3. The summed E-state index contributed by atoms with van der Waals surface area (Å²) in [7, 11) is 1.95. The van der Waals surface area contributed by atoms with E-state index in [9.17, 15) is 9.50 Å². The zero-order chi connectivity index (χ0) is 19.1. The first-order valence-corrected chi connectivity index (χ1v) is 10.4. The smallest absolute Gasteiger partial charge is 0.166 e. The SMILES string of the molecule is CCCCCC12CCC(c3nnc(-c4ccc(O)cc4F)n3C)(CC1)CC2. The van der Waals surface area contributed by atoms with Crippen LogP contribution in [-0.4, -0.2) is 19.9 Å². The van der Waals surface area contributed by atoms with E-state index in [1.165, 1.54) is 70.3 Å². The third-order valence-corrected chi connectivity index (χ3v) is 7.26. The highest BCUT2D eigenvalue weighted by atomic mass is 19.1. The molecule has 0 spiro atoms. The molecule has 1 aromatic heterocycles. The highest BCUT2D eigenvalue weighted by Gasteiger charge is 2.51. The third kappa shape index (κ3) is 3.15. The lowest BCUT2D eigenvalue weighted by molar-refractivity contribution is 0.0250. The van der Waals surface area contributed by atoms with Gasteiger partial charge >= 0.3 is 0 Å². The van der Waals surface area contributed by atoms with E-state index in [1.807, 2.05) is 11.6 Å². The molecule has 1 heterocycles. The Hall–Kier alpha value is -1.91.